The van der Waals surface area contributed by atoms with E-state index in [0.29, 0.717) is 6.42 Å². The predicted octanol–water partition coefficient (Wildman–Crippen LogP) is 2.05. The van der Waals surface area contributed by atoms with Gasteiger partial charge in [-0.25, -0.2) is 0 Å². The number of aryl methyl sites for hydroxylation is 1. The van der Waals surface area contributed by atoms with Crippen molar-refractivity contribution in [1.29, 1.82) is 0 Å². The molecule has 1 aromatic carbocycles. The van der Waals surface area contributed by atoms with Gasteiger partial charge in [0.25, 0.3) is 0 Å². The molecular weight excluding hydrogens is 228 g/mol. The topological polar surface area (TPSA) is 65.2 Å². The number of methoxy groups -OCH3 is 1. The molecule has 0 bridgehead atoms. The van der Waals surface area contributed by atoms with Gasteiger partial charge in [0, 0.05) is 24.2 Å². The highest BCUT2D eigenvalue weighted by Crippen LogP contribution is 2.24. The van der Waals surface area contributed by atoms with Crippen molar-refractivity contribution in [2.24, 2.45) is 5.73 Å². The van der Waals surface area contributed by atoms with Crippen LogP contribution in [0.4, 0.5) is 0 Å². The van der Waals surface area contributed by atoms with E-state index >= 15 is 0 Å². The lowest BCUT2D eigenvalue weighted by molar-refractivity contribution is -0.118. The number of nitrogens with zero attached hydrogens (tertiary/aromatic N) is 1. The smallest absolute Gasteiger partial charge is 0.217 e. The Hall–Kier alpha value is -2.10. The number of fused-ring (bicyclic) bond motifs is 1. The molecule has 4 nitrogen and oxygen atoms in total. The maximum absolute atomic E-state index is 10.7. The molecule has 1 aromatic heterocycles. The summed E-state index contributed by atoms with van der Waals surface area (Å²) in [4.78, 5) is 14.9. The number of primary amides is 1. The van der Waals surface area contributed by atoms with Crippen LogP contribution in [0.2, 0.25) is 0 Å². The first-order valence-electron chi connectivity index (χ1n) is 5.89. The number of nitrogens with two attached hydrogens (primary N) is 1. The monoisotopic (exact) mass is 244 g/mol. The number of carbonyl (C=O) groups excluding carboxylic acids is 1. The summed E-state index contributed by atoms with van der Waals surface area (Å²) < 4.78 is 5.23. The molecule has 0 atom stereocenters. The molecular formula is C14H16N2O2. The zero-order chi connectivity index (χ0) is 13.0. The minimum absolute atomic E-state index is 0.263. The predicted molar refractivity (Wildman–Crippen MR) is 70.4 cm³/mol. The van der Waals surface area contributed by atoms with Crippen LogP contribution in [0.3, 0.4) is 0 Å². The van der Waals surface area contributed by atoms with Gasteiger partial charge in [0.15, 0.2) is 0 Å². The van der Waals surface area contributed by atoms with Gasteiger partial charge >= 0.3 is 0 Å². The Morgan fingerprint density at radius 3 is 2.94 bits per heavy atom. The minimum atomic E-state index is -0.263. The molecule has 0 saturated carbocycles. The summed E-state index contributed by atoms with van der Waals surface area (Å²) >= 11 is 0. The average molecular weight is 244 g/mol. The lowest BCUT2D eigenvalue weighted by atomic mass is 10.0. The Morgan fingerprint density at radius 2 is 2.22 bits per heavy atom. The van der Waals surface area contributed by atoms with Crippen LogP contribution in [0, 0.1) is 0 Å². The van der Waals surface area contributed by atoms with Crippen LogP contribution in [0.25, 0.3) is 10.8 Å². The molecule has 0 saturated heterocycles. The number of rotatable bonds is 5. The van der Waals surface area contributed by atoms with E-state index < -0.39 is 0 Å². The third-order valence-corrected chi connectivity index (χ3v) is 2.92. The van der Waals surface area contributed by atoms with Gasteiger partial charge in [0.05, 0.1) is 7.11 Å². The van der Waals surface area contributed by atoms with Crippen molar-refractivity contribution in [2.75, 3.05) is 7.11 Å². The lowest BCUT2D eigenvalue weighted by Gasteiger charge is -2.07. The van der Waals surface area contributed by atoms with Crippen LogP contribution in [-0.4, -0.2) is 18.0 Å². The van der Waals surface area contributed by atoms with Gasteiger partial charge < -0.3 is 10.5 Å². The highest BCUT2D eigenvalue weighted by atomic mass is 16.5. The summed E-state index contributed by atoms with van der Waals surface area (Å²) in [6, 6.07) is 5.90. The molecule has 0 aliphatic rings. The maximum Gasteiger partial charge on any atom is 0.217 e. The largest absolute Gasteiger partial charge is 0.497 e. The Morgan fingerprint density at radius 1 is 1.39 bits per heavy atom. The zero-order valence-electron chi connectivity index (χ0n) is 10.3. The van der Waals surface area contributed by atoms with E-state index in [1.165, 1.54) is 0 Å². The van der Waals surface area contributed by atoms with Gasteiger partial charge in [-0.2, -0.15) is 0 Å². The Balaban J connectivity index is 2.28. The van der Waals surface area contributed by atoms with Crippen LogP contribution in [-0.2, 0) is 11.2 Å². The van der Waals surface area contributed by atoms with Crippen LogP contribution in [0.5, 0.6) is 5.75 Å². The molecule has 0 fully saturated rings. The molecule has 1 amide bonds. The molecule has 0 aliphatic heterocycles. The van der Waals surface area contributed by atoms with Crippen LogP contribution in [0.15, 0.2) is 30.6 Å². The van der Waals surface area contributed by atoms with Gasteiger partial charge in [-0.15, -0.1) is 0 Å². The third-order valence-electron chi connectivity index (χ3n) is 2.92. The van der Waals surface area contributed by atoms with Crippen molar-refractivity contribution in [2.45, 2.75) is 19.3 Å². The first kappa shape index (κ1) is 12.4. The number of benzene rings is 1. The second-order valence-electron chi connectivity index (χ2n) is 4.21. The number of ether oxygens (including phenoxy) is 1. The highest BCUT2D eigenvalue weighted by Gasteiger charge is 2.04. The molecule has 4 heteroatoms. The van der Waals surface area contributed by atoms with Gasteiger partial charge in [-0.3, -0.25) is 9.78 Å². The first-order valence-corrected chi connectivity index (χ1v) is 5.89. The number of pyridine rings is 1. The fourth-order valence-corrected chi connectivity index (χ4v) is 1.98. The van der Waals surface area contributed by atoms with Crippen LogP contribution < -0.4 is 10.5 Å². The summed E-state index contributed by atoms with van der Waals surface area (Å²) in [6.45, 7) is 0. The van der Waals surface area contributed by atoms with E-state index in [0.717, 1.165) is 34.9 Å². The van der Waals surface area contributed by atoms with Crippen LogP contribution in [0.1, 0.15) is 18.4 Å². The molecule has 2 aromatic rings. The fourth-order valence-electron chi connectivity index (χ4n) is 1.98. The molecule has 2 rings (SSSR count). The molecule has 0 radical (unpaired) electrons. The van der Waals surface area contributed by atoms with Crippen molar-refractivity contribution < 1.29 is 9.53 Å². The van der Waals surface area contributed by atoms with Crippen molar-refractivity contribution in [3.05, 3.63) is 36.2 Å². The van der Waals surface area contributed by atoms with E-state index in [1.807, 2.05) is 30.6 Å². The highest BCUT2D eigenvalue weighted by molar-refractivity contribution is 5.86. The molecule has 0 spiro atoms. The molecule has 1 heterocycles. The number of hydrogen-bond acceptors (Lipinski definition) is 3. The zero-order valence-corrected chi connectivity index (χ0v) is 10.3. The average Bonchev–Trinajstić information content (AvgIpc) is 2.38. The summed E-state index contributed by atoms with van der Waals surface area (Å²) in [6.07, 6.45) is 5.60. The number of hydrogen-bond donors (Lipinski definition) is 1. The van der Waals surface area contributed by atoms with E-state index in [4.69, 9.17) is 10.5 Å². The molecule has 0 aliphatic carbocycles. The summed E-state index contributed by atoms with van der Waals surface area (Å²) in [5.74, 6) is 0.561. The summed E-state index contributed by atoms with van der Waals surface area (Å²) in [7, 11) is 1.65. The maximum atomic E-state index is 10.7. The normalized spacial score (nSPS) is 10.5. The van der Waals surface area contributed by atoms with Gasteiger partial charge in [-0.1, -0.05) is 0 Å². The summed E-state index contributed by atoms with van der Waals surface area (Å²) in [5.41, 5.74) is 6.26. The van der Waals surface area contributed by atoms with Crippen LogP contribution >= 0.6 is 0 Å². The van der Waals surface area contributed by atoms with E-state index in [-0.39, 0.29) is 5.91 Å². The quantitative estimate of drug-likeness (QED) is 0.875. The number of aromatic nitrogens is 1. The lowest BCUT2D eigenvalue weighted by Crippen LogP contribution is -2.10. The van der Waals surface area contributed by atoms with Crippen molar-refractivity contribution in [3.63, 3.8) is 0 Å². The Kier molecular flexibility index (Phi) is 3.77. The van der Waals surface area contributed by atoms with Gasteiger partial charge in [0.1, 0.15) is 5.75 Å². The molecule has 0 unspecified atom stereocenters. The molecule has 2 N–H and O–H groups in total. The fraction of sp³-hybridized carbons (Fsp3) is 0.286. The van der Waals surface area contributed by atoms with Gasteiger partial charge in [-0.05, 0) is 42.0 Å². The second-order valence-corrected chi connectivity index (χ2v) is 4.21. The number of carbonyl (C=O) groups is 1. The SMILES string of the molecule is COc1ccc2cncc(CCCC(N)=O)c2c1. The Bertz CT molecular complexity index is 567. The number of amides is 1. The second kappa shape index (κ2) is 5.49. The van der Waals surface area contributed by atoms with Crippen molar-refractivity contribution in [1.82, 2.24) is 4.98 Å². The van der Waals surface area contributed by atoms with E-state index in [1.54, 1.807) is 7.11 Å². The Labute approximate surface area is 106 Å². The first-order chi connectivity index (χ1) is 8.70. The minimum Gasteiger partial charge on any atom is -0.497 e. The molecule has 94 valence electrons. The third kappa shape index (κ3) is 2.77. The van der Waals surface area contributed by atoms with Gasteiger partial charge in [0.2, 0.25) is 5.91 Å². The molecule has 18 heavy (non-hydrogen) atoms. The summed E-state index contributed by atoms with van der Waals surface area (Å²) in [5, 5.41) is 2.20. The van der Waals surface area contributed by atoms with Crippen molar-refractivity contribution >= 4 is 16.7 Å². The van der Waals surface area contributed by atoms with Crippen molar-refractivity contribution in [3.8, 4) is 5.75 Å². The standard InChI is InChI=1S/C14H16N2O2/c1-18-12-6-5-11-9-16-8-10(13(11)7-12)3-2-4-14(15)17/h5-9H,2-4H2,1H3,(H2,15,17). The van der Waals surface area contributed by atoms with E-state index in [9.17, 15) is 4.79 Å². The van der Waals surface area contributed by atoms with E-state index in [2.05, 4.69) is 4.98 Å².